The lowest BCUT2D eigenvalue weighted by atomic mass is 10.2. The summed E-state index contributed by atoms with van der Waals surface area (Å²) in [4.78, 5) is 11.2. The largest absolute Gasteiger partial charge is 0.399 e. The minimum Gasteiger partial charge on any atom is -0.399 e. The first-order valence-corrected chi connectivity index (χ1v) is 7.68. The summed E-state index contributed by atoms with van der Waals surface area (Å²) < 4.78 is 45.1. The summed E-state index contributed by atoms with van der Waals surface area (Å²) >= 11 is 0. The molecule has 1 aromatic carbocycles. The quantitative estimate of drug-likeness (QED) is 0.735. The van der Waals surface area contributed by atoms with E-state index in [0.29, 0.717) is 0 Å². The molecule has 1 heterocycles. The van der Waals surface area contributed by atoms with Crippen LogP contribution in [0.15, 0.2) is 23.1 Å². The molecule has 0 radical (unpaired) electrons. The molecule has 0 bridgehead atoms. The van der Waals surface area contributed by atoms with E-state index >= 15 is 0 Å². The van der Waals surface area contributed by atoms with Crippen molar-refractivity contribution >= 4 is 21.6 Å². The molecule has 116 valence electrons. The maximum absolute atomic E-state index is 13.8. The third kappa shape index (κ3) is 2.99. The Kier molecular flexibility index (Phi) is 4.45. The van der Waals surface area contributed by atoms with Crippen molar-refractivity contribution in [3.8, 4) is 0 Å². The van der Waals surface area contributed by atoms with Gasteiger partial charge in [-0.05, 0) is 18.2 Å². The fourth-order valence-corrected chi connectivity index (χ4v) is 3.75. The predicted octanol–water partition coefficient (Wildman–Crippen LogP) is -0.457. The van der Waals surface area contributed by atoms with Crippen molar-refractivity contribution in [1.29, 1.82) is 0 Å². The van der Waals surface area contributed by atoms with Gasteiger partial charge in [-0.25, -0.2) is 12.8 Å². The molecule has 0 aliphatic carbocycles. The number of ether oxygens (including phenoxy) is 1. The molecule has 1 aliphatic rings. The third-order valence-corrected chi connectivity index (χ3v) is 5.09. The van der Waals surface area contributed by atoms with Crippen LogP contribution in [-0.4, -0.2) is 51.5 Å². The number of nitrogen functional groups attached to an aromatic ring is 1. The number of nitrogens with two attached hydrogens (primary N) is 1. The predicted molar refractivity (Wildman–Crippen MR) is 73.4 cm³/mol. The van der Waals surface area contributed by atoms with Gasteiger partial charge in [-0.15, -0.1) is 0 Å². The molecule has 1 saturated heterocycles. The number of benzene rings is 1. The van der Waals surface area contributed by atoms with E-state index in [9.17, 15) is 17.6 Å². The van der Waals surface area contributed by atoms with Crippen LogP contribution in [0.1, 0.15) is 0 Å². The lowest BCUT2D eigenvalue weighted by molar-refractivity contribution is -0.128. The van der Waals surface area contributed by atoms with E-state index < -0.39 is 32.7 Å². The van der Waals surface area contributed by atoms with Crippen LogP contribution in [0.25, 0.3) is 0 Å². The fraction of sp³-hybridized carbons (Fsp3) is 0.417. The Morgan fingerprint density at radius 3 is 2.90 bits per heavy atom. The van der Waals surface area contributed by atoms with Gasteiger partial charge in [-0.3, -0.25) is 4.79 Å². The number of nitrogens with zero attached hydrogens (tertiary/aromatic N) is 1. The lowest BCUT2D eigenvalue weighted by Crippen LogP contribution is -2.55. The van der Waals surface area contributed by atoms with Crippen molar-refractivity contribution < 1.29 is 22.3 Å². The number of hydrogen-bond donors (Lipinski definition) is 2. The number of carbonyl (C=O) groups is 1. The van der Waals surface area contributed by atoms with Crippen molar-refractivity contribution in [2.75, 3.05) is 32.5 Å². The van der Waals surface area contributed by atoms with Gasteiger partial charge in [0.15, 0.2) is 0 Å². The van der Waals surface area contributed by atoms with Crippen molar-refractivity contribution in [3.63, 3.8) is 0 Å². The van der Waals surface area contributed by atoms with E-state index in [1.54, 1.807) is 0 Å². The van der Waals surface area contributed by atoms with Crippen LogP contribution in [0.3, 0.4) is 0 Å². The summed E-state index contributed by atoms with van der Waals surface area (Å²) in [6, 6.07) is 2.26. The van der Waals surface area contributed by atoms with Gasteiger partial charge in [-0.1, -0.05) is 0 Å². The number of carbonyl (C=O) groups excluding carboxylic acids is 1. The molecule has 7 nitrogen and oxygen atoms in total. The number of likely N-dealkylation sites (N-methyl/N-ethyl adjacent to an activating group) is 1. The van der Waals surface area contributed by atoms with E-state index in [0.717, 1.165) is 16.4 Å². The molecular formula is C12H16FN3O4S. The zero-order chi connectivity index (χ0) is 15.6. The van der Waals surface area contributed by atoms with Gasteiger partial charge in [0.05, 0.1) is 13.2 Å². The van der Waals surface area contributed by atoms with Crippen LogP contribution in [0.4, 0.5) is 10.1 Å². The maximum Gasteiger partial charge on any atom is 0.246 e. The summed E-state index contributed by atoms with van der Waals surface area (Å²) in [6.45, 7) is 0.0220. The van der Waals surface area contributed by atoms with Gasteiger partial charge in [-0.2, -0.15) is 4.31 Å². The van der Waals surface area contributed by atoms with E-state index in [1.165, 1.54) is 13.1 Å². The molecular weight excluding hydrogens is 301 g/mol. The van der Waals surface area contributed by atoms with Crippen LogP contribution in [0.5, 0.6) is 0 Å². The second-order valence-corrected chi connectivity index (χ2v) is 6.37. The normalized spacial score (nSPS) is 20.2. The number of morpholine rings is 1. The summed E-state index contributed by atoms with van der Waals surface area (Å²) in [5.74, 6) is -1.42. The van der Waals surface area contributed by atoms with Crippen LogP contribution < -0.4 is 11.1 Å². The number of halogens is 1. The number of nitrogens with one attached hydrogen (secondary N) is 1. The zero-order valence-electron chi connectivity index (χ0n) is 11.4. The van der Waals surface area contributed by atoms with E-state index in [2.05, 4.69) is 5.32 Å². The highest BCUT2D eigenvalue weighted by Gasteiger charge is 2.39. The maximum atomic E-state index is 13.8. The highest BCUT2D eigenvalue weighted by Crippen LogP contribution is 2.24. The summed E-state index contributed by atoms with van der Waals surface area (Å²) in [5, 5.41) is 2.37. The summed E-state index contributed by atoms with van der Waals surface area (Å²) in [6.07, 6.45) is 0. The smallest absolute Gasteiger partial charge is 0.246 e. The van der Waals surface area contributed by atoms with Crippen molar-refractivity contribution in [2.45, 2.75) is 10.9 Å². The van der Waals surface area contributed by atoms with Crippen molar-refractivity contribution in [2.24, 2.45) is 0 Å². The summed E-state index contributed by atoms with van der Waals surface area (Å²) in [7, 11) is -2.79. The van der Waals surface area contributed by atoms with Crippen molar-refractivity contribution in [1.82, 2.24) is 9.62 Å². The third-order valence-electron chi connectivity index (χ3n) is 3.17. The molecule has 9 heteroatoms. The molecule has 1 aliphatic heterocycles. The topological polar surface area (TPSA) is 102 Å². The first-order valence-electron chi connectivity index (χ1n) is 6.24. The van der Waals surface area contributed by atoms with E-state index in [1.807, 2.05) is 0 Å². The molecule has 3 N–H and O–H groups in total. The first kappa shape index (κ1) is 15.7. The van der Waals surface area contributed by atoms with Gasteiger partial charge in [0.1, 0.15) is 16.8 Å². The highest BCUT2D eigenvalue weighted by molar-refractivity contribution is 7.89. The SMILES string of the molecule is CNC(=O)C1COCCN1S(=O)(=O)c1cc(N)ccc1F. The second kappa shape index (κ2) is 5.96. The second-order valence-electron chi connectivity index (χ2n) is 4.51. The highest BCUT2D eigenvalue weighted by atomic mass is 32.2. The van der Waals surface area contributed by atoms with Crippen LogP contribution in [0.2, 0.25) is 0 Å². The Morgan fingerprint density at radius 2 is 2.24 bits per heavy atom. The van der Waals surface area contributed by atoms with Gasteiger partial charge in [0, 0.05) is 19.3 Å². The van der Waals surface area contributed by atoms with Crippen LogP contribution in [-0.2, 0) is 19.6 Å². The Labute approximate surface area is 121 Å². The molecule has 1 atom stereocenters. The van der Waals surface area contributed by atoms with Gasteiger partial charge in [0.2, 0.25) is 15.9 Å². The van der Waals surface area contributed by atoms with Crippen molar-refractivity contribution in [3.05, 3.63) is 24.0 Å². The van der Waals surface area contributed by atoms with E-state index in [4.69, 9.17) is 10.5 Å². The molecule has 1 unspecified atom stereocenters. The average Bonchev–Trinajstić information content (AvgIpc) is 2.48. The summed E-state index contributed by atoms with van der Waals surface area (Å²) in [5.41, 5.74) is 5.65. The van der Waals surface area contributed by atoms with E-state index in [-0.39, 0.29) is 25.4 Å². The minimum absolute atomic E-state index is 0.0331. The monoisotopic (exact) mass is 317 g/mol. The number of rotatable bonds is 3. The molecule has 0 spiro atoms. The molecule has 2 rings (SSSR count). The molecule has 1 aromatic rings. The Hall–Kier alpha value is -1.71. The molecule has 0 saturated carbocycles. The minimum atomic E-state index is -4.18. The number of anilines is 1. The van der Waals surface area contributed by atoms with Gasteiger partial charge >= 0.3 is 0 Å². The molecule has 21 heavy (non-hydrogen) atoms. The lowest BCUT2D eigenvalue weighted by Gasteiger charge is -2.33. The Morgan fingerprint density at radius 1 is 1.52 bits per heavy atom. The van der Waals surface area contributed by atoms with Gasteiger partial charge in [0.25, 0.3) is 0 Å². The van der Waals surface area contributed by atoms with Crippen LogP contribution >= 0.6 is 0 Å². The Balaban J connectivity index is 2.45. The average molecular weight is 317 g/mol. The van der Waals surface area contributed by atoms with Gasteiger partial charge < -0.3 is 15.8 Å². The number of hydrogen-bond acceptors (Lipinski definition) is 5. The molecule has 1 fully saturated rings. The van der Waals surface area contributed by atoms with Crippen LogP contribution in [0, 0.1) is 5.82 Å². The molecule has 1 amide bonds. The fourth-order valence-electron chi connectivity index (χ4n) is 2.09. The number of amides is 1. The standard InChI is InChI=1S/C12H16FN3O4S/c1-15-12(17)10-7-20-5-4-16(10)21(18,19)11-6-8(14)2-3-9(11)13/h2-3,6,10H,4-5,7,14H2,1H3,(H,15,17). The first-order chi connectivity index (χ1) is 9.87. The Bertz CT molecular complexity index is 650. The number of sulfonamides is 1. The zero-order valence-corrected chi connectivity index (χ0v) is 12.2. The molecule has 0 aromatic heterocycles.